The molecule has 0 unspecified atom stereocenters. The van der Waals surface area contributed by atoms with E-state index < -0.39 is 0 Å². The molecule has 0 radical (unpaired) electrons. The van der Waals surface area contributed by atoms with Crippen molar-refractivity contribution in [3.05, 3.63) is 188 Å². The van der Waals surface area contributed by atoms with E-state index >= 15 is 0 Å². The normalized spacial score (nSPS) is 14.6. The maximum Gasteiger partial charge on any atom is 4.00 e. The second kappa shape index (κ2) is 13.3. The molecule has 0 spiro atoms. The minimum absolute atomic E-state index is 0. The van der Waals surface area contributed by atoms with Gasteiger partial charge in [0.1, 0.15) is 0 Å². The van der Waals surface area contributed by atoms with Gasteiger partial charge in [-0.25, -0.2) is 0 Å². The van der Waals surface area contributed by atoms with Gasteiger partial charge in [0.05, 0.1) is 0 Å². The number of para-hydroxylation sites is 4. The van der Waals surface area contributed by atoms with Gasteiger partial charge in [-0.05, 0) is 53.6 Å². The third kappa shape index (κ3) is 5.41. The molecule has 0 saturated heterocycles. The molecule has 0 fully saturated rings. The zero-order valence-corrected chi connectivity index (χ0v) is 32.4. The van der Waals surface area contributed by atoms with Crippen molar-refractivity contribution in [1.29, 1.82) is 0 Å². The van der Waals surface area contributed by atoms with Crippen molar-refractivity contribution in [2.45, 2.75) is 19.3 Å². The quantitative estimate of drug-likeness (QED) is 0.155. The van der Waals surface area contributed by atoms with Gasteiger partial charge in [-0.1, -0.05) is 105 Å². The molecule has 54 heavy (non-hydrogen) atoms. The Labute approximate surface area is 331 Å². The summed E-state index contributed by atoms with van der Waals surface area (Å²) in [4.78, 5) is 8.84. The van der Waals surface area contributed by atoms with Crippen molar-refractivity contribution >= 4 is 39.8 Å². The maximum atomic E-state index is 6.47. The third-order valence-electron chi connectivity index (χ3n) is 10.7. The number of benzene rings is 7. The Morgan fingerprint density at radius 3 is 1.74 bits per heavy atom. The number of hydrogen-bond acceptors (Lipinski definition) is 5. The molecule has 0 N–H and O–H groups in total. The molecule has 0 atom stereocenters. The first kappa shape index (κ1) is 34.0. The molecular formula is C48H36N4OPt. The van der Waals surface area contributed by atoms with Crippen LogP contribution < -0.4 is 24.3 Å². The van der Waals surface area contributed by atoms with Crippen molar-refractivity contribution in [2.24, 2.45) is 0 Å². The number of fused-ring (bicyclic) bond motifs is 5. The van der Waals surface area contributed by atoms with Gasteiger partial charge >= 0.3 is 21.1 Å². The number of hydrogen-bond donors (Lipinski definition) is 0. The molecule has 6 heteroatoms. The van der Waals surface area contributed by atoms with E-state index in [9.17, 15) is 0 Å². The summed E-state index contributed by atoms with van der Waals surface area (Å²) in [5.41, 5.74) is 14.9. The fourth-order valence-electron chi connectivity index (χ4n) is 8.21. The van der Waals surface area contributed by atoms with E-state index in [1.807, 2.05) is 30.3 Å². The molecule has 10 rings (SSSR count). The largest absolute Gasteiger partial charge is 4.00 e. The Morgan fingerprint density at radius 2 is 1.06 bits per heavy atom. The minimum atomic E-state index is -0.130. The first-order valence-electron chi connectivity index (χ1n) is 18.0. The van der Waals surface area contributed by atoms with E-state index in [0.717, 1.165) is 34.1 Å². The molecular weight excluding hydrogens is 844 g/mol. The van der Waals surface area contributed by atoms with E-state index in [-0.39, 0.29) is 26.5 Å². The van der Waals surface area contributed by atoms with Crippen molar-refractivity contribution in [2.75, 3.05) is 26.6 Å². The van der Waals surface area contributed by atoms with Crippen LogP contribution in [0.25, 0.3) is 22.3 Å². The van der Waals surface area contributed by atoms with Crippen molar-refractivity contribution in [3.8, 4) is 33.8 Å². The summed E-state index contributed by atoms with van der Waals surface area (Å²) in [6.45, 7) is 8.96. The van der Waals surface area contributed by atoms with Crippen LogP contribution in [0.15, 0.2) is 152 Å². The van der Waals surface area contributed by atoms with Crippen LogP contribution in [0, 0.1) is 25.5 Å². The Balaban J connectivity index is 0.00000384. The Bertz CT molecular complexity index is 2530. The van der Waals surface area contributed by atoms with Crippen LogP contribution in [-0.4, -0.2) is 7.05 Å². The van der Waals surface area contributed by atoms with Gasteiger partial charge in [0.2, 0.25) is 0 Å². The Kier molecular flexibility index (Phi) is 8.36. The standard InChI is InChI=1S/C48H36N4O.Pt/c1-48(2)40-22-8-7-21-39(40)46-41(48)28-27-38(33-15-5-4-6-16-33)47(46)52-32-51(44-25-11-12-26-45(44)52)35-18-14-20-37(30-35)53-36-19-13-17-34(29-36)50-31-49(3)42-23-9-10-24-43(42)50;/h4-28,31-32H,1-3H3;/q-4;+4. The molecule has 0 bridgehead atoms. The van der Waals surface area contributed by atoms with Crippen LogP contribution in [0.4, 0.5) is 39.8 Å². The van der Waals surface area contributed by atoms with E-state index in [1.54, 1.807) is 0 Å². The first-order valence-corrected chi connectivity index (χ1v) is 18.0. The van der Waals surface area contributed by atoms with Gasteiger partial charge in [-0.2, -0.15) is 18.8 Å². The minimum Gasteiger partial charge on any atom is -0.509 e. The summed E-state index contributed by atoms with van der Waals surface area (Å²) in [5.74, 6) is 1.24. The summed E-state index contributed by atoms with van der Waals surface area (Å²) in [7, 11) is 2.06. The first-order chi connectivity index (χ1) is 26.0. The van der Waals surface area contributed by atoms with Crippen LogP contribution in [0.1, 0.15) is 25.0 Å². The van der Waals surface area contributed by atoms with Crippen LogP contribution in [-0.2, 0) is 26.5 Å². The van der Waals surface area contributed by atoms with E-state index in [4.69, 9.17) is 4.74 Å². The second-order valence-electron chi connectivity index (χ2n) is 14.3. The van der Waals surface area contributed by atoms with Crippen LogP contribution in [0.5, 0.6) is 11.5 Å². The number of nitrogens with zero attached hydrogens (tertiary/aromatic N) is 4. The SMILES string of the molecule is CN1[CH-]N(c2[c-]c(Oc3[c-]c(N4[CH-]N(c5c(-c6ccccc6)ccc6c5-c5ccccc5C6(C)C)c5ccccc54)ccc3)ccc2)c2ccccc21.[Pt+4]. The average Bonchev–Trinajstić information content (AvgIpc) is 3.83. The van der Waals surface area contributed by atoms with Gasteiger partial charge in [-0.3, -0.25) is 0 Å². The monoisotopic (exact) mass is 879 g/mol. The summed E-state index contributed by atoms with van der Waals surface area (Å²) in [6.07, 6.45) is 0. The van der Waals surface area contributed by atoms with E-state index in [1.165, 1.54) is 39.1 Å². The summed E-state index contributed by atoms with van der Waals surface area (Å²) in [5, 5.41) is 0. The summed E-state index contributed by atoms with van der Waals surface area (Å²) in [6, 6.07) is 60.3. The van der Waals surface area contributed by atoms with E-state index in [0.29, 0.717) is 11.5 Å². The van der Waals surface area contributed by atoms with Gasteiger partial charge in [0.15, 0.2) is 0 Å². The van der Waals surface area contributed by atoms with Crippen LogP contribution in [0.3, 0.4) is 0 Å². The molecule has 2 heterocycles. The molecule has 7 aromatic rings. The fourth-order valence-corrected chi connectivity index (χ4v) is 8.21. The maximum absolute atomic E-state index is 6.47. The molecule has 2 aliphatic heterocycles. The fraction of sp³-hybridized carbons (Fsp3) is 0.0833. The van der Waals surface area contributed by atoms with Crippen LogP contribution >= 0.6 is 0 Å². The zero-order chi connectivity index (χ0) is 35.7. The molecule has 0 aromatic heterocycles. The summed E-state index contributed by atoms with van der Waals surface area (Å²) < 4.78 is 6.47. The molecule has 0 saturated carbocycles. The molecule has 3 aliphatic rings. The topological polar surface area (TPSA) is 22.2 Å². The summed E-state index contributed by atoms with van der Waals surface area (Å²) >= 11 is 0. The smallest absolute Gasteiger partial charge is 0.509 e. The zero-order valence-electron chi connectivity index (χ0n) is 30.1. The van der Waals surface area contributed by atoms with Gasteiger partial charge in [0.25, 0.3) is 0 Å². The van der Waals surface area contributed by atoms with Crippen LogP contribution in [0.2, 0.25) is 0 Å². The second-order valence-corrected chi connectivity index (χ2v) is 14.3. The average molecular weight is 880 g/mol. The van der Waals surface area contributed by atoms with Gasteiger partial charge in [-0.15, -0.1) is 54.4 Å². The van der Waals surface area contributed by atoms with Gasteiger partial charge in [0, 0.05) is 56.5 Å². The number of anilines is 7. The molecule has 5 nitrogen and oxygen atoms in total. The molecule has 7 aromatic carbocycles. The molecule has 0 amide bonds. The van der Waals surface area contributed by atoms with Gasteiger partial charge < -0.3 is 24.3 Å². The van der Waals surface area contributed by atoms with Crippen molar-refractivity contribution < 1.29 is 25.8 Å². The van der Waals surface area contributed by atoms with Crippen molar-refractivity contribution in [1.82, 2.24) is 0 Å². The van der Waals surface area contributed by atoms with Crippen molar-refractivity contribution in [3.63, 3.8) is 0 Å². The van der Waals surface area contributed by atoms with E-state index in [2.05, 4.69) is 187 Å². The molecule has 1 aliphatic carbocycles. The number of ether oxygens (including phenoxy) is 1. The Morgan fingerprint density at radius 1 is 0.500 bits per heavy atom. The Hall–Kier alpha value is -5.77. The predicted octanol–water partition coefficient (Wildman–Crippen LogP) is 12.2. The number of rotatable bonds is 6. The third-order valence-corrected chi connectivity index (χ3v) is 10.7. The predicted molar refractivity (Wildman–Crippen MR) is 216 cm³/mol. The molecule has 264 valence electrons.